The quantitative estimate of drug-likeness (QED) is 0.127. The minimum absolute atomic E-state index is 0.190. The third kappa shape index (κ3) is 10.2. The van der Waals surface area contributed by atoms with Crippen molar-refractivity contribution >= 4 is 96.1 Å². The molecule has 0 spiro atoms. The first-order valence-corrected chi connectivity index (χ1v) is 33.6. The van der Waals surface area contributed by atoms with E-state index in [1.165, 1.54) is 60.5 Å². The van der Waals surface area contributed by atoms with Crippen LogP contribution in [0.15, 0.2) is 303 Å². The second-order valence-corrected chi connectivity index (χ2v) is 28.9. The molecule has 0 atom stereocenters. The molecule has 13 aromatic carbocycles. The van der Waals surface area contributed by atoms with Crippen LogP contribution in [0, 0.1) is 0 Å². The second kappa shape index (κ2) is 23.0. The van der Waals surface area contributed by atoms with E-state index in [4.69, 9.17) is 0 Å². The second-order valence-electron chi connectivity index (χ2n) is 28.9. The normalized spacial score (nSPS) is 12.8. The third-order valence-electron chi connectivity index (χ3n) is 19.8. The van der Waals surface area contributed by atoms with Crippen LogP contribution < -0.4 is 31.1 Å². The first kappa shape index (κ1) is 59.2. The van der Waals surface area contributed by atoms with Gasteiger partial charge in [-0.05, 0) is 169 Å². The summed E-state index contributed by atoms with van der Waals surface area (Å²) in [5, 5.41) is 2.45. The molecule has 460 valence electrons. The topological polar surface area (TPSA) is 14.7 Å². The van der Waals surface area contributed by atoms with E-state index in [1.54, 1.807) is 0 Å². The number of para-hydroxylation sites is 4. The van der Waals surface area contributed by atoms with Crippen molar-refractivity contribution in [3.8, 4) is 50.2 Å². The number of hydrogen-bond acceptors (Lipinski definition) is 3. The molecule has 0 fully saturated rings. The van der Waals surface area contributed by atoms with Crippen LogP contribution >= 0.6 is 0 Å². The van der Waals surface area contributed by atoms with Crippen LogP contribution in [0.2, 0.25) is 0 Å². The molecule has 3 heterocycles. The highest BCUT2D eigenvalue weighted by Gasteiger charge is 2.48. The monoisotopic (exact) mass is 1220 g/mol. The number of benzene rings is 13. The van der Waals surface area contributed by atoms with Crippen molar-refractivity contribution in [2.45, 2.75) is 78.6 Å². The zero-order valence-electron chi connectivity index (χ0n) is 55.7. The number of nitrogens with zero attached hydrogens (tertiary/aromatic N) is 4. The van der Waals surface area contributed by atoms with Crippen LogP contribution in [-0.2, 0) is 16.2 Å². The van der Waals surface area contributed by atoms with Gasteiger partial charge in [-0.15, -0.1) is 0 Å². The Hall–Kier alpha value is -10.9. The van der Waals surface area contributed by atoms with Gasteiger partial charge in [0.25, 0.3) is 6.71 Å². The molecule has 1 aromatic heterocycles. The van der Waals surface area contributed by atoms with E-state index in [-0.39, 0.29) is 23.0 Å². The van der Waals surface area contributed by atoms with E-state index in [2.05, 4.69) is 385 Å². The van der Waals surface area contributed by atoms with Crippen molar-refractivity contribution in [2.24, 2.45) is 0 Å². The molecule has 0 unspecified atom stereocenters. The van der Waals surface area contributed by atoms with Gasteiger partial charge < -0.3 is 19.3 Å². The standard InChI is InChI=1S/C90H77BN4/c1-88(2,3)64-49-50-76-80(57-64)95(87-74(62-37-21-12-22-38-62)55-66(90(7,8)9)56-75(87)63-39-23-13-24-40-63)82-59-70(92(67-41-25-14-26-42-67)68-43-27-15-28-44-68)58-81-84(82)91(76)85-79(52-51-78-83(85)71-47-31-32-48-77(71)93(78)69-45-29-16-30-46-69)94(81)86-72(60-33-17-10-18-34-60)53-65(89(4,5)6)54-73(86)61-35-19-11-20-36-61/h10-59H,1-9H3. The molecular formula is C90H77BN4. The minimum Gasteiger partial charge on any atom is -0.310 e. The summed E-state index contributed by atoms with van der Waals surface area (Å²) in [6.45, 7) is 20.9. The highest BCUT2D eigenvalue weighted by atomic mass is 15.2. The smallest absolute Gasteiger partial charge is 0.253 e. The number of anilines is 9. The van der Waals surface area contributed by atoms with E-state index in [1.807, 2.05) is 0 Å². The van der Waals surface area contributed by atoms with Gasteiger partial charge in [-0.25, -0.2) is 0 Å². The van der Waals surface area contributed by atoms with Gasteiger partial charge in [-0.3, -0.25) is 0 Å². The molecular weight excluding hydrogens is 1150 g/mol. The van der Waals surface area contributed by atoms with E-state index >= 15 is 0 Å². The molecule has 2 aliphatic heterocycles. The van der Waals surface area contributed by atoms with Gasteiger partial charge >= 0.3 is 0 Å². The Morgan fingerprint density at radius 2 is 0.684 bits per heavy atom. The van der Waals surface area contributed by atoms with Crippen molar-refractivity contribution in [1.82, 2.24) is 4.57 Å². The Kier molecular flexibility index (Phi) is 14.3. The van der Waals surface area contributed by atoms with Crippen LogP contribution in [0.5, 0.6) is 0 Å². The zero-order chi connectivity index (χ0) is 64.9. The maximum absolute atomic E-state index is 2.73. The maximum atomic E-state index is 2.73. The van der Waals surface area contributed by atoms with Gasteiger partial charge in [-0.2, -0.15) is 0 Å². The summed E-state index contributed by atoms with van der Waals surface area (Å²) in [7, 11) is 0. The number of hydrogen-bond donors (Lipinski definition) is 0. The fourth-order valence-corrected chi connectivity index (χ4v) is 15.0. The van der Waals surface area contributed by atoms with Crippen LogP contribution in [0.3, 0.4) is 0 Å². The molecule has 16 rings (SSSR count). The van der Waals surface area contributed by atoms with Gasteiger partial charge in [0.05, 0.1) is 28.1 Å². The lowest BCUT2D eigenvalue weighted by Gasteiger charge is -2.47. The predicted molar refractivity (Wildman–Crippen MR) is 407 cm³/mol. The van der Waals surface area contributed by atoms with Gasteiger partial charge in [0.2, 0.25) is 0 Å². The fraction of sp³-hybridized carbons (Fsp3) is 0.133. The highest BCUT2D eigenvalue weighted by molar-refractivity contribution is 7.02. The molecule has 0 saturated carbocycles. The lowest BCUT2D eigenvalue weighted by molar-refractivity contribution is 0.590. The van der Waals surface area contributed by atoms with Crippen LogP contribution in [0.4, 0.5) is 51.2 Å². The van der Waals surface area contributed by atoms with Gasteiger partial charge in [0.1, 0.15) is 0 Å². The maximum Gasteiger partial charge on any atom is 0.253 e. The number of rotatable bonds is 10. The average Bonchev–Trinajstić information content (AvgIpc) is 1.64. The van der Waals surface area contributed by atoms with Gasteiger partial charge in [-0.1, -0.05) is 269 Å². The molecule has 0 bridgehead atoms. The molecule has 95 heavy (non-hydrogen) atoms. The molecule has 0 amide bonds. The van der Waals surface area contributed by atoms with Crippen LogP contribution in [0.1, 0.15) is 79.0 Å². The lowest BCUT2D eigenvalue weighted by Crippen LogP contribution is -2.61. The summed E-state index contributed by atoms with van der Waals surface area (Å²) in [6.07, 6.45) is 0. The van der Waals surface area contributed by atoms with Crippen molar-refractivity contribution < 1.29 is 0 Å². The Labute approximate surface area is 560 Å². The number of aromatic nitrogens is 1. The van der Waals surface area contributed by atoms with Crippen molar-refractivity contribution in [2.75, 3.05) is 14.7 Å². The lowest BCUT2D eigenvalue weighted by atomic mass is 9.33. The molecule has 2 aliphatic rings. The number of fused-ring (bicyclic) bond motifs is 8. The molecule has 0 saturated heterocycles. The summed E-state index contributed by atoms with van der Waals surface area (Å²) < 4.78 is 2.50. The van der Waals surface area contributed by atoms with E-state index < -0.39 is 0 Å². The largest absolute Gasteiger partial charge is 0.310 e. The summed E-state index contributed by atoms with van der Waals surface area (Å²) >= 11 is 0. The molecule has 5 heteroatoms. The van der Waals surface area contributed by atoms with Crippen LogP contribution in [-0.4, -0.2) is 11.3 Å². The highest BCUT2D eigenvalue weighted by Crippen LogP contribution is 2.57. The molecule has 0 N–H and O–H groups in total. The van der Waals surface area contributed by atoms with E-state index in [0.717, 1.165) is 95.8 Å². The average molecular weight is 1230 g/mol. The van der Waals surface area contributed by atoms with Crippen LogP contribution in [0.25, 0.3) is 72.0 Å². The van der Waals surface area contributed by atoms with E-state index in [0.29, 0.717) is 0 Å². The molecule has 14 aromatic rings. The van der Waals surface area contributed by atoms with Gasteiger partial charge in [0, 0.05) is 72.8 Å². The third-order valence-corrected chi connectivity index (χ3v) is 19.8. The minimum atomic E-state index is -0.274. The molecule has 4 nitrogen and oxygen atoms in total. The van der Waals surface area contributed by atoms with Crippen molar-refractivity contribution in [3.63, 3.8) is 0 Å². The summed E-state index contributed by atoms with van der Waals surface area (Å²) in [6, 6.07) is 114. The Balaban J connectivity index is 1.17. The predicted octanol–water partition coefficient (Wildman–Crippen LogP) is 22.9. The first-order chi connectivity index (χ1) is 46.1. The van der Waals surface area contributed by atoms with Crippen molar-refractivity contribution in [3.05, 3.63) is 320 Å². The summed E-state index contributed by atoms with van der Waals surface area (Å²) in [5.74, 6) is 0. The Morgan fingerprint density at radius 3 is 1.12 bits per heavy atom. The summed E-state index contributed by atoms with van der Waals surface area (Å²) in [4.78, 5) is 7.93. The molecule has 0 aliphatic carbocycles. The van der Waals surface area contributed by atoms with Gasteiger partial charge in [0.15, 0.2) is 0 Å². The summed E-state index contributed by atoms with van der Waals surface area (Å²) in [5.41, 5.74) is 29.6. The SMILES string of the molecule is CC(C)(C)c1cc(-c2ccccc2)c(N2c3cc(C(C)(C)C)ccc3B3c4c2cc(N(c2ccccc2)c2ccccc2)cc4N(c2c(-c4ccccc4)cc(C(C)(C)C)cc2-c2ccccc2)c2ccc4c(c23)c2ccccc2n4-c2ccccc2)c(-c2ccccc2)c1. The Bertz CT molecular complexity index is 5060. The Morgan fingerprint density at radius 1 is 0.295 bits per heavy atom. The first-order valence-electron chi connectivity index (χ1n) is 33.6. The fourth-order valence-electron chi connectivity index (χ4n) is 15.0. The zero-order valence-corrected chi connectivity index (χ0v) is 55.7. The van der Waals surface area contributed by atoms with E-state index in [9.17, 15) is 0 Å². The molecule has 0 radical (unpaired) electrons. The van der Waals surface area contributed by atoms with Crippen molar-refractivity contribution in [1.29, 1.82) is 0 Å².